The summed E-state index contributed by atoms with van der Waals surface area (Å²) >= 11 is 0. The van der Waals surface area contributed by atoms with Crippen molar-refractivity contribution < 1.29 is 8.85 Å². The molecule has 0 spiro atoms. The first-order valence-electron chi connectivity index (χ1n) is 18.4. The smallest absolute Gasteiger partial charge is 0.192 e. The van der Waals surface area contributed by atoms with Gasteiger partial charge >= 0.3 is 0 Å². The van der Waals surface area contributed by atoms with E-state index in [1.807, 2.05) is 0 Å². The summed E-state index contributed by atoms with van der Waals surface area (Å²) in [6.45, 7) is 40.8. The predicted octanol–water partition coefficient (Wildman–Crippen LogP) is 12.9. The van der Waals surface area contributed by atoms with Crippen molar-refractivity contribution in [2.24, 2.45) is 35.0 Å². The minimum Gasteiger partial charge on any atom is -0.413 e. The average Bonchev–Trinajstić information content (AvgIpc) is 3.23. The van der Waals surface area contributed by atoms with Crippen LogP contribution in [-0.4, -0.2) is 28.8 Å². The van der Waals surface area contributed by atoms with Crippen molar-refractivity contribution in [2.45, 2.75) is 182 Å². The van der Waals surface area contributed by atoms with E-state index in [1.165, 1.54) is 56.1 Å². The Morgan fingerprint density at radius 1 is 0.886 bits per heavy atom. The molecule has 3 rings (SSSR count). The summed E-state index contributed by atoms with van der Waals surface area (Å²) in [6, 6.07) is 0. The van der Waals surface area contributed by atoms with Crippen LogP contribution in [0.2, 0.25) is 36.3 Å². The summed E-state index contributed by atoms with van der Waals surface area (Å²) in [4.78, 5) is 0. The Bertz CT molecular complexity index is 1050. The molecule has 0 amide bonds. The van der Waals surface area contributed by atoms with Crippen molar-refractivity contribution in [1.82, 2.24) is 0 Å². The van der Waals surface area contributed by atoms with Gasteiger partial charge in [-0.15, -0.1) is 0 Å². The van der Waals surface area contributed by atoms with Crippen molar-refractivity contribution in [3.05, 3.63) is 35.5 Å². The SMILES string of the molecule is C=C1/C(=C\C=C2/CCC[C@]3(C)[C@@H]([C@H](C)CC[C@H](C)C(C)C)CC[C@@H]23)C[C@@H](O[Si](C)(C)C(C)(C)C)C[C@@H]1O[Si](C)(C)C(C)(C)C. The molecule has 7 atom stereocenters. The molecule has 0 bridgehead atoms. The van der Waals surface area contributed by atoms with Crippen LogP contribution >= 0.6 is 0 Å². The molecule has 3 fully saturated rings. The number of allylic oxidation sites excluding steroid dienone is 3. The van der Waals surface area contributed by atoms with Gasteiger partial charge in [-0.3, -0.25) is 0 Å². The highest BCUT2D eigenvalue weighted by Gasteiger charge is 2.51. The Balaban J connectivity index is 1.87. The third kappa shape index (κ3) is 8.53. The molecule has 0 aliphatic heterocycles. The van der Waals surface area contributed by atoms with Crippen molar-refractivity contribution in [3.8, 4) is 0 Å². The molecule has 3 aliphatic carbocycles. The summed E-state index contributed by atoms with van der Waals surface area (Å²) in [6.07, 6.45) is 16.7. The van der Waals surface area contributed by atoms with Gasteiger partial charge in [0.1, 0.15) is 0 Å². The van der Waals surface area contributed by atoms with Gasteiger partial charge in [-0.05, 0) is 121 Å². The van der Waals surface area contributed by atoms with Gasteiger partial charge in [-0.25, -0.2) is 0 Å². The number of hydrogen-bond acceptors (Lipinski definition) is 2. The van der Waals surface area contributed by atoms with Crippen LogP contribution in [0.25, 0.3) is 0 Å². The third-order valence-electron chi connectivity index (χ3n) is 13.7. The van der Waals surface area contributed by atoms with Gasteiger partial charge in [0.25, 0.3) is 0 Å². The van der Waals surface area contributed by atoms with Crippen LogP contribution in [0.4, 0.5) is 0 Å². The lowest BCUT2D eigenvalue weighted by molar-refractivity contribution is 0.0906. The molecule has 3 saturated carbocycles. The van der Waals surface area contributed by atoms with E-state index in [0.29, 0.717) is 5.41 Å². The van der Waals surface area contributed by atoms with E-state index in [1.54, 1.807) is 5.57 Å². The molecule has 2 nitrogen and oxygen atoms in total. The van der Waals surface area contributed by atoms with Crippen LogP contribution < -0.4 is 0 Å². The third-order valence-corrected chi connectivity index (χ3v) is 22.7. The average molecular weight is 643 g/mol. The Kier molecular flexibility index (Phi) is 12.1. The second-order valence-corrected chi connectivity index (χ2v) is 28.6. The van der Waals surface area contributed by atoms with E-state index in [9.17, 15) is 0 Å². The fourth-order valence-corrected chi connectivity index (χ4v) is 10.7. The maximum absolute atomic E-state index is 7.10. The zero-order chi connectivity index (χ0) is 33.5. The molecule has 0 unspecified atom stereocenters. The normalized spacial score (nSPS) is 32.4. The highest BCUT2D eigenvalue weighted by Crippen LogP contribution is 2.60. The van der Waals surface area contributed by atoms with E-state index in [0.717, 1.165) is 42.4 Å². The first-order valence-corrected chi connectivity index (χ1v) is 24.3. The maximum atomic E-state index is 7.10. The first kappa shape index (κ1) is 38.0. The van der Waals surface area contributed by atoms with Crippen molar-refractivity contribution in [3.63, 3.8) is 0 Å². The molecule has 0 N–H and O–H groups in total. The second kappa shape index (κ2) is 14.0. The van der Waals surface area contributed by atoms with Gasteiger partial charge < -0.3 is 8.85 Å². The van der Waals surface area contributed by atoms with Gasteiger partial charge in [-0.1, -0.05) is 113 Å². The molecule has 0 aromatic rings. The molecule has 4 heteroatoms. The van der Waals surface area contributed by atoms with Crippen molar-refractivity contribution >= 4 is 16.6 Å². The van der Waals surface area contributed by atoms with Crippen molar-refractivity contribution in [2.75, 3.05) is 0 Å². The molecule has 44 heavy (non-hydrogen) atoms. The van der Waals surface area contributed by atoms with Gasteiger partial charge in [0, 0.05) is 6.42 Å². The molecule has 0 aromatic heterocycles. The van der Waals surface area contributed by atoms with Crippen molar-refractivity contribution in [1.29, 1.82) is 0 Å². The zero-order valence-corrected chi connectivity index (χ0v) is 34.1. The minimum absolute atomic E-state index is 0.0469. The van der Waals surface area contributed by atoms with E-state index in [4.69, 9.17) is 15.4 Å². The molecule has 3 aliphatic rings. The quantitative estimate of drug-likeness (QED) is 0.221. The van der Waals surface area contributed by atoms with Crippen LogP contribution in [0.3, 0.4) is 0 Å². The van der Waals surface area contributed by atoms with Crippen LogP contribution in [0.5, 0.6) is 0 Å². The summed E-state index contributed by atoms with van der Waals surface area (Å²) in [5.41, 5.74) is 4.74. The Hall–Kier alpha value is -0.426. The molecule has 0 radical (unpaired) electrons. The standard InChI is InChI=1S/C40H74O2Si2/c1-28(2)29(3)19-20-30(4)35-23-24-36-32(18-17-25-40(35,36)12)21-22-33-26-34(41-43(13,14)38(6,7)8)27-37(31(33)5)42-44(15,16)39(9,10)11/h21-22,28-30,34-37H,5,17-20,23-27H2,1-4,6-16H3/b32-21+,33-22-/t29-,30+,34+,35+,36-,37-,40+/m0/s1. The van der Waals surface area contributed by atoms with E-state index >= 15 is 0 Å². The van der Waals surface area contributed by atoms with Crippen LogP contribution in [0.1, 0.15) is 134 Å². The van der Waals surface area contributed by atoms with E-state index in [2.05, 4.69) is 115 Å². The topological polar surface area (TPSA) is 18.5 Å². The van der Waals surface area contributed by atoms with Crippen LogP contribution in [-0.2, 0) is 8.85 Å². The van der Waals surface area contributed by atoms with E-state index in [-0.39, 0.29) is 22.3 Å². The van der Waals surface area contributed by atoms with Gasteiger partial charge in [0.15, 0.2) is 16.6 Å². The fourth-order valence-electron chi connectivity index (χ4n) is 8.04. The zero-order valence-electron chi connectivity index (χ0n) is 32.1. The van der Waals surface area contributed by atoms with E-state index < -0.39 is 16.6 Å². The number of hydrogen-bond donors (Lipinski definition) is 0. The van der Waals surface area contributed by atoms with Crippen LogP contribution in [0, 0.1) is 35.0 Å². The van der Waals surface area contributed by atoms with Crippen LogP contribution in [0.15, 0.2) is 35.5 Å². The Morgan fingerprint density at radius 3 is 2.05 bits per heavy atom. The summed E-state index contributed by atoms with van der Waals surface area (Å²) in [5, 5.41) is 0.362. The lowest BCUT2D eigenvalue weighted by Gasteiger charge is -2.46. The summed E-state index contributed by atoms with van der Waals surface area (Å²) in [7, 11) is -3.87. The van der Waals surface area contributed by atoms with Gasteiger partial charge in [0.2, 0.25) is 0 Å². The lowest BCUT2D eigenvalue weighted by Crippen LogP contribution is -2.49. The maximum Gasteiger partial charge on any atom is 0.192 e. The van der Waals surface area contributed by atoms with Gasteiger partial charge in [0.05, 0.1) is 12.2 Å². The second-order valence-electron chi connectivity index (χ2n) is 19.1. The van der Waals surface area contributed by atoms with Gasteiger partial charge in [-0.2, -0.15) is 0 Å². The molecule has 254 valence electrons. The lowest BCUT2D eigenvalue weighted by atomic mass is 9.60. The molecule has 0 aromatic carbocycles. The molecule has 0 saturated heterocycles. The predicted molar refractivity (Wildman–Crippen MR) is 199 cm³/mol. The fraction of sp³-hybridized carbons (Fsp3) is 0.850. The molecular formula is C40H74O2Si2. The highest BCUT2D eigenvalue weighted by molar-refractivity contribution is 6.74. The summed E-state index contributed by atoms with van der Waals surface area (Å²) in [5.74, 6) is 4.03. The Labute approximate surface area is 277 Å². The first-order chi connectivity index (χ1) is 20.0. The highest BCUT2D eigenvalue weighted by atomic mass is 28.4. The molecular weight excluding hydrogens is 569 g/mol. The summed E-state index contributed by atoms with van der Waals surface area (Å²) < 4.78 is 14.2. The Morgan fingerprint density at radius 2 is 1.48 bits per heavy atom. The number of rotatable bonds is 10. The molecule has 0 heterocycles. The number of fused-ring (bicyclic) bond motifs is 1. The monoisotopic (exact) mass is 643 g/mol. The minimum atomic E-state index is -1.96. The largest absolute Gasteiger partial charge is 0.413 e.